The Bertz CT molecular complexity index is 1590. The summed E-state index contributed by atoms with van der Waals surface area (Å²) < 4.78 is 11.4. The van der Waals surface area contributed by atoms with Crippen LogP contribution in [0.1, 0.15) is 106 Å². The number of hydrogen-bond donors (Lipinski definition) is 6. The van der Waals surface area contributed by atoms with Crippen LogP contribution in [0.3, 0.4) is 0 Å². The molecule has 4 rings (SSSR count). The van der Waals surface area contributed by atoms with Crippen LogP contribution in [0, 0.1) is 23.7 Å². The van der Waals surface area contributed by atoms with Gasteiger partial charge in [0.1, 0.15) is 23.7 Å². The summed E-state index contributed by atoms with van der Waals surface area (Å²) in [5, 5.41) is 25.6. The van der Waals surface area contributed by atoms with Crippen molar-refractivity contribution in [3.05, 3.63) is 59.4 Å². The molecular formula is C40H59N5O7. The van der Waals surface area contributed by atoms with Crippen molar-refractivity contribution in [1.82, 2.24) is 15.3 Å². The van der Waals surface area contributed by atoms with E-state index in [0.29, 0.717) is 36.0 Å². The van der Waals surface area contributed by atoms with E-state index < -0.39 is 36.0 Å². The monoisotopic (exact) mass is 721 g/mol. The lowest BCUT2D eigenvalue weighted by Crippen LogP contribution is -2.50. The van der Waals surface area contributed by atoms with Gasteiger partial charge in [0.05, 0.1) is 55.0 Å². The Hall–Kier alpha value is -3.68. The molecule has 1 saturated carbocycles. The fourth-order valence-electron chi connectivity index (χ4n) is 7.07. The molecule has 3 aromatic rings. The summed E-state index contributed by atoms with van der Waals surface area (Å²) in [6, 6.07) is 11.2. The van der Waals surface area contributed by atoms with Crippen LogP contribution in [0.25, 0.3) is 11.0 Å². The van der Waals surface area contributed by atoms with E-state index in [1.165, 1.54) is 6.42 Å². The standard InChI is InChI=1S/C40H59N5O7/c1-5-25(4)35(42)40(50)43-23-32-44-30-17-16-28(34(36(30)45-32)31(46)18-19-51-20-21-52-27-14-10-7-11-15-27)37(47)33(24(2)3)39(49)38(48)29(41)22-26-12-8-6-9-13-26/h7,10-11,14-17,24-26,29,33,35,38-39,48-49H,5-6,8-9,12-13,18-23,41-42H2,1-4H3,(H,43,50)(H,44,45)/t25-,29+,33?,35-,38-,39?/m1/s1. The molecule has 1 fully saturated rings. The Balaban J connectivity index is 1.56. The number of aliphatic hydroxyl groups is 2. The Morgan fingerprint density at radius 2 is 1.67 bits per heavy atom. The molecule has 0 radical (unpaired) electrons. The van der Waals surface area contributed by atoms with Crippen LogP contribution in [-0.2, 0) is 16.1 Å². The number of nitrogens with two attached hydrogens (primary N) is 2. The minimum absolute atomic E-state index is 0.00910. The summed E-state index contributed by atoms with van der Waals surface area (Å²) in [6.45, 7) is 8.14. The predicted octanol–water partition coefficient (Wildman–Crippen LogP) is 4.70. The molecule has 2 aromatic carbocycles. The topological polar surface area (TPSA) is 203 Å². The Kier molecular flexibility index (Phi) is 15.8. The lowest BCUT2D eigenvalue weighted by Gasteiger charge is -2.34. The number of ether oxygens (including phenoxy) is 2. The summed E-state index contributed by atoms with van der Waals surface area (Å²) in [6.07, 6.45) is 4.03. The van der Waals surface area contributed by atoms with Gasteiger partial charge in [-0.1, -0.05) is 84.4 Å². The van der Waals surface area contributed by atoms with Gasteiger partial charge in [-0.15, -0.1) is 0 Å². The number of hydrogen-bond acceptors (Lipinski definition) is 10. The number of fused-ring (bicyclic) bond motifs is 1. The van der Waals surface area contributed by atoms with E-state index in [0.717, 1.165) is 32.1 Å². The van der Waals surface area contributed by atoms with Gasteiger partial charge >= 0.3 is 0 Å². The van der Waals surface area contributed by atoms with Gasteiger partial charge in [0.2, 0.25) is 5.91 Å². The van der Waals surface area contributed by atoms with Crippen molar-refractivity contribution in [2.24, 2.45) is 35.1 Å². The van der Waals surface area contributed by atoms with Gasteiger partial charge < -0.3 is 41.5 Å². The molecule has 8 N–H and O–H groups in total. The molecule has 1 aliphatic rings. The highest BCUT2D eigenvalue weighted by molar-refractivity contribution is 6.16. The zero-order chi connectivity index (χ0) is 37.8. The Morgan fingerprint density at radius 1 is 0.962 bits per heavy atom. The molecule has 0 bridgehead atoms. The number of carbonyl (C=O) groups excluding carboxylic acids is 3. The van der Waals surface area contributed by atoms with Gasteiger partial charge in [0, 0.05) is 18.0 Å². The molecule has 286 valence electrons. The van der Waals surface area contributed by atoms with Crippen LogP contribution in [0.5, 0.6) is 5.75 Å². The maximum absolute atomic E-state index is 14.4. The second-order valence-corrected chi connectivity index (χ2v) is 14.7. The number of benzene rings is 2. The number of Topliss-reactive ketones (excluding diaryl/α,β-unsaturated/α-hetero) is 2. The summed E-state index contributed by atoms with van der Waals surface area (Å²) in [4.78, 5) is 48.9. The molecule has 0 saturated heterocycles. The number of amides is 1. The molecule has 2 unspecified atom stereocenters. The molecule has 52 heavy (non-hydrogen) atoms. The van der Waals surface area contributed by atoms with Gasteiger partial charge in [0.25, 0.3) is 0 Å². The molecular weight excluding hydrogens is 662 g/mol. The Labute approximate surface area is 307 Å². The number of nitrogens with one attached hydrogen (secondary N) is 2. The lowest BCUT2D eigenvalue weighted by molar-refractivity contribution is -0.123. The first-order chi connectivity index (χ1) is 24.9. The van der Waals surface area contributed by atoms with Crippen molar-refractivity contribution in [3.63, 3.8) is 0 Å². The number of aliphatic hydroxyl groups excluding tert-OH is 2. The highest BCUT2D eigenvalue weighted by Crippen LogP contribution is 2.32. The predicted molar refractivity (Wildman–Crippen MR) is 201 cm³/mol. The molecule has 6 atom stereocenters. The number of nitrogens with zero attached hydrogens (tertiary/aromatic N) is 1. The van der Waals surface area contributed by atoms with E-state index in [1.54, 1.807) is 26.0 Å². The van der Waals surface area contributed by atoms with Crippen LogP contribution in [-0.4, -0.2) is 81.8 Å². The van der Waals surface area contributed by atoms with Gasteiger partial charge in [-0.25, -0.2) is 4.98 Å². The van der Waals surface area contributed by atoms with Crippen LogP contribution in [0.2, 0.25) is 0 Å². The highest BCUT2D eigenvalue weighted by Gasteiger charge is 2.39. The van der Waals surface area contributed by atoms with Gasteiger partial charge in [-0.3, -0.25) is 14.4 Å². The molecule has 1 amide bonds. The van der Waals surface area contributed by atoms with E-state index in [4.69, 9.17) is 20.9 Å². The quantitative estimate of drug-likeness (QED) is 0.0662. The largest absolute Gasteiger partial charge is 0.491 e. The fourth-order valence-corrected chi connectivity index (χ4v) is 7.07. The minimum Gasteiger partial charge on any atom is -0.491 e. The van der Waals surface area contributed by atoms with E-state index >= 15 is 0 Å². The Morgan fingerprint density at radius 3 is 2.35 bits per heavy atom. The summed E-state index contributed by atoms with van der Waals surface area (Å²) in [7, 11) is 0. The van der Waals surface area contributed by atoms with E-state index in [9.17, 15) is 24.6 Å². The smallest absolute Gasteiger partial charge is 0.237 e. The van der Waals surface area contributed by atoms with Gasteiger partial charge in [-0.05, 0) is 48.4 Å². The van der Waals surface area contributed by atoms with Gasteiger partial charge in [-0.2, -0.15) is 0 Å². The lowest BCUT2D eigenvalue weighted by atomic mass is 9.77. The number of rotatable bonds is 21. The van der Waals surface area contributed by atoms with Crippen LogP contribution in [0.4, 0.5) is 0 Å². The van der Waals surface area contributed by atoms with Crippen molar-refractivity contribution in [1.29, 1.82) is 0 Å². The molecule has 0 aliphatic heterocycles. The number of H-pyrrole nitrogens is 1. The van der Waals surface area contributed by atoms with Crippen molar-refractivity contribution in [3.8, 4) is 5.75 Å². The number of imidazole rings is 1. The highest BCUT2D eigenvalue weighted by atomic mass is 16.5. The van der Waals surface area contributed by atoms with Crippen molar-refractivity contribution < 1.29 is 34.1 Å². The number of aromatic amines is 1. The number of para-hydroxylation sites is 1. The maximum Gasteiger partial charge on any atom is 0.237 e. The second kappa shape index (κ2) is 20.0. The first kappa shape index (κ1) is 41.1. The van der Waals surface area contributed by atoms with Gasteiger partial charge in [0.15, 0.2) is 11.6 Å². The average molecular weight is 722 g/mol. The second-order valence-electron chi connectivity index (χ2n) is 14.7. The molecule has 0 spiro atoms. The molecule has 1 heterocycles. The summed E-state index contributed by atoms with van der Waals surface area (Å²) >= 11 is 0. The zero-order valence-electron chi connectivity index (χ0n) is 31.2. The van der Waals surface area contributed by atoms with Crippen molar-refractivity contribution in [2.75, 3.05) is 19.8 Å². The van der Waals surface area contributed by atoms with Crippen LogP contribution in [0.15, 0.2) is 42.5 Å². The number of aromatic nitrogens is 2. The average Bonchev–Trinajstić information content (AvgIpc) is 3.57. The van der Waals surface area contributed by atoms with E-state index in [1.807, 2.05) is 44.2 Å². The third-order valence-electron chi connectivity index (χ3n) is 10.5. The van der Waals surface area contributed by atoms with E-state index in [2.05, 4.69) is 15.3 Å². The van der Waals surface area contributed by atoms with Crippen molar-refractivity contribution in [2.45, 2.75) is 110 Å². The SMILES string of the molecule is CC[C@@H](C)[C@@H](N)C(=O)NCc1nc2c(C(=O)CCOCCOc3ccccc3)c(C(=O)C(C(C)C)C(O)[C@H](O)[C@@H](N)CC3CCCCC3)ccc2[nH]1. The third kappa shape index (κ3) is 10.9. The van der Waals surface area contributed by atoms with Crippen LogP contribution < -0.4 is 21.5 Å². The zero-order valence-corrected chi connectivity index (χ0v) is 31.2. The first-order valence-corrected chi connectivity index (χ1v) is 18.9. The third-order valence-corrected chi connectivity index (χ3v) is 10.5. The van der Waals surface area contributed by atoms with Crippen LogP contribution >= 0.6 is 0 Å². The fraction of sp³-hybridized carbons (Fsp3) is 0.600. The summed E-state index contributed by atoms with van der Waals surface area (Å²) in [5.74, 6) is -1.12. The first-order valence-electron chi connectivity index (χ1n) is 18.9. The minimum atomic E-state index is -1.45. The molecule has 1 aromatic heterocycles. The van der Waals surface area contributed by atoms with E-state index in [-0.39, 0.29) is 66.3 Å². The number of carbonyl (C=O) groups is 3. The molecule has 12 heteroatoms. The summed E-state index contributed by atoms with van der Waals surface area (Å²) in [5.41, 5.74) is 13.5. The van der Waals surface area contributed by atoms with Crippen molar-refractivity contribution >= 4 is 28.5 Å². The molecule has 12 nitrogen and oxygen atoms in total. The normalized spacial score (nSPS) is 17.3. The number of ketones is 2. The maximum atomic E-state index is 14.4. The molecule has 1 aliphatic carbocycles.